The van der Waals surface area contributed by atoms with Crippen LogP contribution in [0.5, 0.6) is 0 Å². The number of nitrogens with one attached hydrogen (secondary N) is 1. The molecule has 4 bridgehead atoms. The fraction of sp³-hybridized carbons (Fsp3) is 0.727. The molecule has 17 heavy (non-hydrogen) atoms. The van der Waals surface area contributed by atoms with E-state index in [4.69, 9.17) is 46.4 Å². The summed E-state index contributed by atoms with van der Waals surface area (Å²) in [6.45, 7) is 0. The molecule has 2 saturated carbocycles. The highest BCUT2D eigenvalue weighted by molar-refractivity contribution is 6.63. The van der Waals surface area contributed by atoms with E-state index < -0.39 is 14.2 Å². The number of rotatable bonds is 0. The van der Waals surface area contributed by atoms with Gasteiger partial charge in [-0.2, -0.15) is 0 Å². The van der Waals surface area contributed by atoms with Gasteiger partial charge in [-0.15, -0.1) is 11.6 Å². The molecule has 1 N–H and O–H groups in total. The molecule has 2 nitrogen and oxygen atoms in total. The number of carbonyl (C=O) groups is 1. The second-order valence-corrected chi connectivity index (χ2v) is 7.97. The fourth-order valence-electron chi connectivity index (χ4n) is 4.30. The summed E-state index contributed by atoms with van der Waals surface area (Å²) in [5.74, 6) is 0.234. The Balaban J connectivity index is 1.99. The minimum Gasteiger partial charge on any atom is -0.333 e. The Hall–Kier alpha value is 0.370. The first-order valence-electron chi connectivity index (χ1n) is 5.60. The zero-order valence-electron chi connectivity index (χ0n) is 8.59. The van der Waals surface area contributed by atoms with Crippen LogP contribution >= 0.6 is 46.4 Å². The summed E-state index contributed by atoms with van der Waals surface area (Å²) in [5, 5.41) is 2.71. The van der Waals surface area contributed by atoms with E-state index in [0.29, 0.717) is 5.92 Å². The maximum Gasteiger partial charge on any atom is 0.246 e. The van der Waals surface area contributed by atoms with Crippen molar-refractivity contribution in [1.29, 1.82) is 0 Å². The third kappa shape index (κ3) is 0.869. The summed E-state index contributed by atoms with van der Waals surface area (Å²) >= 11 is 25.8. The average molecular weight is 313 g/mol. The lowest BCUT2D eigenvalue weighted by atomic mass is 9.78. The van der Waals surface area contributed by atoms with Crippen molar-refractivity contribution in [2.45, 2.75) is 20.6 Å². The van der Waals surface area contributed by atoms with E-state index in [1.807, 2.05) is 0 Å². The summed E-state index contributed by atoms with van der Waals surface area (Å²) in [6.07, 6.45) is 5.26. The van der Waals surface area contributed by atoms with Crippen molar-refractivity contribution in [3.05, 3.63) is 12.2 Å². The zero-order chi connectivity index (χ0) is 12.2. The number of allylic oxidation sites excluding steroid dienone is 2. The fourth-order valence-corrected chi connectivity index (χ4v) is 6.15. The summed E-state index contributed by atoms with van der Waals surface area (Å²) in [4.78, 5) is 9.64. The van der Waals surface area contributed by atoms with Crippen molar-refractivity contribution in [2.24, 2.45) is 23.7 Å². The highest BCUT2D eigenvalue weighted by Crippen LogP contribution is 2.75. The third-order valence-electron chi connectivity index (χ3n) is 4.92. The molecule has 4 rings (SSSR count). The van der Waals surface area contributed by atoms with Gasteiger partial charge in [-0.05, 0) is 18.3 Å². The third-order valence-corrected chi connectivity index (χ3v) is 7.83. The highest BCUT2D eigenvalue weighted by Gasteiger charge is 2.86. The second kappa shape index (κ2) is 2.77. The predicted octanol–water partition coefficient (Wildman–Crippen LogP) is 2.65. The Bertz CT molecular complexity index is 478. The van der Waals surface area contributed by atoms with E-state index in [9.17, 15) is 4.79 Å². The van der Waals surface area contributed by atoms with E-state index in [2.05, 4.69) is 17.5 Å². The number of piperidine rings is 1. The van der Waals surface area contributed by atoms with Gasteiger partial charge < -0.3 is 5.32 Å². The Morgan fingerprint density at radius 2 is 1.71 bits per heavy atom. The Morgan fingerprint density at radius 3 is 2.35 bits per heavy atom. The number of carbonyl (C=O) groups excluding carboxylic acids is 1. The topological polar surface area (TPSA) is 29.1 Å². The first-order chi connectivity index (χ1) is 7.84. The number of halogens is 4. The van der Waals surface area contributed by atoms with Crippen molar-refractivity contribution in [2.75, 3.05) is 0 Å². The quantitative estimate of drug-likeness (QED) is 0.317. The van der Waals surface area contributed by atoms with Gasteiger partial charge in [-0.1, -0.05) is 47.0 Å². The molecule has 6 atom stereocenters. The Labute approximate surface area is 119 Å². The van der Waals surface area contributed by atoms with Crippen molar-refractivity contribution in [1.82, 2.24) is 5.32 Å². The molecule has 1 heterocycles. The van der Waals surface area contributed by atoms with E-state index in [1.165, 1.54) is 0 Å². The van der Waals surface area contributed by atoms with Gasteiger partial charge in [0.25, 0.3) is 0 Å². The van der Waals surface area contributed by atoms with Crippen LogP contribution in [-0.2, 0) is 4.79 Å². The lowest BCUT2D eigenvalue weighted by Gasteiger charge is -2.37. The number of amides is 1. The van der Waals surface area contributed by atoms with Gasteiger partial charge in [-0.3, -0.25) is 4.79 Å². The highest BCUT2D eigenvalue weighted by atomic mass is 35.5. The van der Waals surface area contributed by atoms with Crippen LogP contribution in [0.2, 0.25) is 0 Å². The molecule has 0 radical (unpaired) electrons. The van der Waals surface area contributed by atoms with Crippen molar-refractivity contribution in [3.63, 3.8) is 0 Å². The van der Waals surface area contributed by atoms with Crippen molar-refractivity contribution < 1.29 is 4.79 Å². The summed E-state index contributed by atoms with van der Waals surface area (Å²) in [6, 6.07) is 0. The predicted molar refractivity (Wildman–Crippen MR) is 67.5 cm³/mol. The monoisotopic (exact) mass is 311 g/mol. The molecule has 0 aromatic carbocycles. The molecule has 0 spiro atoms. The molecule has 0 unspecified atom stereocenters. The number of fused-ring (bicyclic) bond motifs is 9. The molecule has 6 heteroatoms. The zero-order valence-corrected chi connectivity index (χ0v) is 11.6. The first-order valence-corrected chi connectivity index (χ1v) is 7.12. The van der Waals surface area contributed by atoms with Crippen molar-refractivity contribution in [3.8, 4) is 0 Å². The van der Waals surface area contributed by atoms with Crippen LogP contribution in [0.1, 0.15) is 6.42 Å². The van der Waals surface area contributed by atoms with Crippen LogP contribution in [0, 0.1) is 23.7 Å². The number of hydrogen-bond acceptors (Lipinski definition) is 1. The number of alkyl halides is 4. The van der Waals surface area contributed by atoms with Crippen LogP contribution in [0.3, 0.4) is 0 Å². The standard InChI is InChI=1S/C11H9Cl4NO/c12-9-6-4-1-2-5(3-4)7(6)10(13,11(9,14)15)16-8(9)17/h1-2,4-7H,3H2,(H,16,17)/t4-,5+,6+,7-,9+,10-/m0/s1. The van der Waals surface area contributed by atoms with Crippen LogP contribution in [-0.4, -0.2) is 20.1 Å². The smallest absolute Gasteiger partial charge is 0.246 e. The van der Waals surface area contributed by atoms with E-state index in [-0.39, 0.29) is 23.7 Å². The van der Waals surface area contributed by atoms with Gasteiger partial charge >= 0.3 is 0 Å². The van der Waals surface area contributed by atoms with Crippen LogP contribution in [0.15, 0.2) is 12.2 Å². The van der Waals surface area contributed by atoms with E-state index in [0.717, 1.165) is 6.42 Å². The normalized spacial score (nSPS) is 60.8. The minimum atomic E-state index is -1.46. The lowest BCUT2D eigenvalue weighted by Crippen LogP contribution is -2.54. The molecule has 3 aliphatic carbocycles. The number of hydrogen-bond donors (Lipinski definition) is 1. The van der Waals surface area contributed by atoms with Crippen LogP contribution < -0.4 is 5.32 Å². The molecule has 3 fully saturated rings. The molecular weight excluding hydrogens is 304 g/mol. The van der Waals surface area contributed by atoms with E-state index in [1.54, 1.807) is 0 Å². The average Bonchev–Trinajstić information content (AvgIpc) is 2.90. The summed E-state index contributed by atoms with van der Waals surface area (Å²) < 4.78 is -1.46. The maximum absolute atomic E-state index is 12.1. The summed E-state index contributed by atoms with van der Waals surface area (Å²) in [7, 11) is 0. The SMILES string of the molecule is O=C1N[C@@]2(Cl)[C@@H]3[C@@H]([C@H]4C=C[C@@H]3C4)[C@]1(Cl)C2(Cl)Cl. The minimum absolute atomic E-state index is 0.0318. The second-order valence-electron chi connectivity index (χ2n) is 5.45. The Morgan fingerprint density at radius 1 is 1.12 bits per heavy atom. The van der Waals surface area contributed by atoms with Gasteiger partial charge in [0.15, 0.2) is 14.2 Å². The molecule has 1 amide bonds. The van der Waals surface area contributed by atoms with E-state index >= 15 is 0 Å². The van der Waals surface area contributed by atoms with Crippen LogP contribution in [0.25, 0.3) is 0 Å². The molecular formula is C11H9Cl4NO. The lowest BCUT2D eigenvalue weighted by molar-refractivity contribution is -0.125. The molecule has 4 aliphatic rings. The van der Waals surface area contributed by atoms with Gasteiger partial charge in [0.05, 0.1) is 0 Å². The molecule has 1 saturated heterocycles. The molecule has 1 aliphatic heterocycles. The van der Waals surface area contributed by atoms with Gasteiger partial charge in [0.2, 0.25) is 5.91 Å². The first kappa shape index (κ1) is 11.2. The van der Waals surface area contributed by atoms with Gasteiger partial charge in [0, 0.05) is 11.8 Å². The Kier molecular flexibility index (Phi) is 1.83. The largest absolute Gasteiger partial charge is 0.333 e. The molecule has 0 aromatic rings. The van der Waals surface area contributed by atoms with Gasteiger partial charge in [-0.25, -0.2) is 0 Å². The maximum atomic E-state index is 12.1. The molecule has 92 valence electrons. The molecule has 0 aromatic heterocycles. The van der Waals surface area contributed by atoms with Crippen LogP contribution in [0.4, 0.5) is 0 Å². The van der Waals surface area contributed by atoms with Crippen molar-refractivity contribution >= 4 is 52.3 Å². The summed E-state index contributed by atoms with van der Waals surface area (Å²) in [5.41, 5.74) is 0. The van der Waals surface area contributed by atoms with Gasteiger partial charge in [0.1, 0.15) is 0 Å².